The van der Waals surface area contributed by atoms with Gasteiger partial charge in [-0.2, -0.15) is 0 Å². The Labute approximate surface area is 203 Å². The average molecular weight is 477 g/mol. The number of hydrogen-bond donors (Lipinski definition) is 2. The first-order valence-corrected chi connectivity index (χ1v) is 12.0. The molecular weight excluding hydrogens is 436 g/mol. The summed E-state index contributed by atoms with van der Waals surface area (Å²) in [6.45, 7) is 13.2. The molecule has 0 aromatic heterocycles. The number of carbonyl (C=O) groups is 3. The van der Waals surface area contributed by atoms with Gasteiger partial charge in [-0.1, -0.05) is 50.6 Å². The second kappa shape index (κ2) is 13.2. The molecule has 1 saturated heterocycles. The Hall–Kier alpha value is -2.81. The van der Waals surface area contributed by atoms with Gasteiger partial charge in [0.1, 0.15) is 18.2 Å². The van der Waals surface area contributed by atoms with Crippen molar-refractivity contribution in [2.45, 2.75) is 59.3 Å². The number of carbonyl (C=O) groups excluding carboxylic acids is 3. The number of ether oxygens (including phenoxy) is 2. The summed E-state index contributed by atoms with van der Waals surface area (Å²) in [4.78, 5) is 41.1. The Balaban J connectivity index is 1.71. The summed E-state index contributed by atoms with van der Waals surface area (Å²) in [5.41, 5.74) is 0.332. The van der Waals surface area contributed by atoms with Crippen LogP contribution in [0.5, 0.6) is 0 Å². The molecule has 1 aromatic carbocycles. The van der Waals surface area contributed by atoms with Gasteiger partial charge in [0.05, 0.1) is 0 Å². The van der Waals surface area contributed by atoms with Gasteiger partial charge in [0, 0.05) is 39.3 Å². The minimum atomic E-state index is -0.656. The first-order chi connectivity index (χ1) is 16.1. The first-order valence-electron chi connectivity index (χ1n) is 12.0. The van der Waals surface area contributed by atoms with Gasteiger partial charge in [-0.05, 0) is 32.3 Å². The maximum Gasteiger partial charge on any atom is 0.410 e. The molecule has 1 aliphatic heterocycles. The monoisotopic (exact) mass is 476 g/mol. The molecule has 190 valence electrons. The summed E-state index contributed by atoms with van der Waals surface area (Å²) >= 11 is 0. The molecule has 3 amide bonds. The molecule has 0 spiro atoms. The van der Waals surface area contributed by atoms with Gasteiger partial charge in [0.2, 0.25) is 5.91 Å². The largest absolute Gasteiger partial charge is 0.445 e. The molecule has 0 radical (unpaired) electrons. The Morgan fingerprint density at radius 1 is 1.06 bits per heavy atom. The lowest BCUT2D eigenvalue weighted by Gasteiger charge is -2.34. The lowest BCUT2D eigenvalue weighted by Crippen LogP contribution is -2.53. The maximum absolute atomic E-state index is 12.7. The van der Waals surface area contributed by atoms with Crippen LogP contribution in [0.15, 0.2) is 30.3 Å². The Bertz CT molecular complexity index is 788. The summed E-state index contributed by atoms with van der Waals surface area (Å²) in [6, 6.07) is 8.95. The minimum absolute atomic E-state index is 0.0297. The van der Waals surface area contributed by atoms with Crippen molar-refractivity contribution in [2.75, 3.05) is 39.3 Å². The Morgan fingerprint density at radius 3 is 2.29 bits per heavy atom. The van der Waals surface area contributed by atoms with E-state index in [-0.39, 0.29) is 24.5 Å². The average Bonchev–Trinajstić information content (AvgIpc) is 2.80. The highest BCUT2D eigenvalue weighted by molar-refractivity contribution is 5.86. The molecule has 0 bridgehead atoms. The molecular formula is C25H40N4O5. The van der Waals surface area contributed by atoms with E-state index in [1.54, 1.807) is 25.7 Å². The highest BCUT2D eigenvalue weighted by atomic mass is 16.6. The van der Waals surface area contributed by atoms with E-state index in [9.17, 15) is 14.4 Å². The van der Waals surface area contributed by atoms with Crippen molar-refractivity contribution in [3.63, 3.8) is 0 Å². The molecule has 2 rings (SSSR count). The van der Waals surface area contributed by atoms with Crippen LogP contribution in [0.1, 0.15) is 46.6 Å². The fourth-order valence-corrected chi connectivity index (χ4v) is 3.55. The number of nitrogens with one attached hydrogen (secondary N) is 2. The summed E-state index contributed by atoms with van der Waals surface area (Å²) in [5, 5.41) is 5.64. The first kappa shape index (κ1) is 27.4. The highest BCUT2D eigenvalue weighted by Gasteiger charge is 2.28. The van der Waals surface area contributed by atoms with Crippen molar-refractivity contribution in [1.82, 2.24) is 20.4 Å². The molecule has 1 heterocycles. The molecule has 9 heteroatoms. The van der Waals surface area contributed by atoms with E-state index < -0.39 is 17.7 Å². The number of rotatable bonds is 9. The minimum Gasteiger partial charge on any atom is -0.445 e. The topological polar surface area (TPSA) is 100 Å². The summed E-state index contributed by atoms with van der Waals surface area (Å²) < 4.78 is 10.7. The predicted octanol–water partition coefficient (Wildman–Crippen LogP) is 3.00. The lowest BCUT2D eigenvalue weighted by atomic mass is 9.98. The fraction of sp³-hybridized carbons (Fsp3) is 0.640. The van der Waals surface area contributed by atoms with Gasteiger partial charge in [-0.25, -0.2) is 9.59 Å². The molecule has 2 N–H and O–H groups in total. The van der Waals surface area contributed by atoms with E-state index in [0.717, 1.165) is 12.0 Å². The van der Waals surface area contributed by atoms with Crippen LogP contribution in [0.3, 0.4) is 0 Å². The summed E-state index contributed by atoms with van der Waals surface area (Å²) in [6.07, 6.45) is -0.152. The third-order valence-electron chi connectivity index (χ3n) is 5.73. The summed E-state index contributed by atoms with van der Waals surface area (Å²) in [7, 11) is 0. The maximum atomic E-state index is 12.7. The zero-order valence-corrected chi connectivity index (χ0v) is 21.1. The van der Waals surface area contributed by atoms with Crippen LogP contribution in [0.4, 0.5) is 9.59 Å². The van der Waals surface area contributed by atoms with E-state index in [0.29, 0.717) is 39.3 Å². The van der Waals surface area contributed by atoms with Gasteiger partial charge >= 0.3 is 12.2 Å². The third-order valence-corrected chi connectivity index (χ3v) is 5.73. The van der Waals surface area contributed by atoms with Crippen LogP contribution in [0, 0.1) is 5.92 Å². The molecule has 1 aromatic rings. The molecule has 1 aliphatic rings. The predicted molar refractivity (Wildman–Crippen MR) is 130 cm³/mol. The van der Waals surface area contributed by atoms with Gasteiger partial charge in [-0.3, -0.25) is 9.69 Å². The van der Waals surface area contributed by atoms with Crippen LogP contribution >= 0.6 is 0 Å². The number of piperazine rings is 1. The van der Waals surface area contributed by atoms with Crippen molar-refractivity contribution in [1.29, 1.82) is 0 Å². The number of nitrogens with zero attached hydrogens (tertiary/aromatic N) is 2. The standard InChI is InChI=1S/C25H40N4O5/c1-6-19(2)21(27-23(31)34-25(3,4)5)22(30)26-12-13-28-14-16-29(17-15-28)24(32)33-18-20-10-8-7-9-11-20/h7-11,19,21H,6,12-18H2,1-5H3,(H,26,30)(H,27,31)/t19-,21-/m0/s1. The van der Waals surface area contributed by atoms with Crippen molar-refractivity contribution in [3.05, 3.63) is 35.9 Å². The highest BCUT2D eigenvalue weighted by Crippen LogP contribution is 2.12. The van der Waals surface area contributed by atoms with Crippen molar-refractivity contribution in [2.24, 2.45) is 5.92 Å². The Morgan fingerprint density at radius 2 is 1.71 bits per heavy atom. The number of alkyl carbamates (subject to hydrolysis) is 1. The second-order valence-corrected chi connectivity index (χ2v) is 9.67. The van der Waals surface area contributed by atoms with Crippen LogP contribution < -0.4 is 10.6 Å². The quantitative estimate of drug-likeness (QED) is 0.568. The van der Waals surface area contributed by atoms with E-state index in [4.69, 9.17) is 9.47 Å². The van der Waals surface area contributed by atoms with Gasteiger partial charge < -0.3 is 25.0 Å². The van der Waals surface area contributed by atoms with Crippen LogP contribution in [0.2, 0.25) is 0 Å². The zero-order chi connectivity index (χ0) is 25.1. The van der Waals surface area contributed by atoms with Gasteiger partial charge in [-0.15, -0.1) is 0 Å². The van der Waals surface area contributed by atoms with E-state index >= 15 is 0 Å². The van der Waals surface area contributed by atoms with Crippen molar-refractivity contribution < 1.29 is 23.9 Å². The SMILES string of the molecule is CC[C@H](C)[C@H](NC(=O)OC(C)(C)C)C(=O)NCCN1CCN(C(=O)OCc2ccccc2)CC1. The molecule has 1 fully saturated rings. The normalized spacial score (nSPS) is 16.3. The molecule has 34 heavy (non-hydrogen) atoms. The zero-order valence-electron chi connectivity index (χ0n) is 21.1. The van der Waals surface area contributed by atoms with Crippen LogP contribution in [-0.2, 0) is 20.9 Å². The van der Waals surface area contributed by atoms with Crippen molar-refractivity contribution in [3.8, 4) is 0 Å². The Kier molecular flexibility index (Phi) is 10.6. The number of amides is 3. The van der Waals surface area contributed by atoms with Gasteiger partial charge in [0.15, 0.2) is 0 Å². The molecule has 9 nitrogen and oxygen atoms in total. The smallest absolute Gasteiger partial charge is 0.410 e. The number of benzene rings is 1. The molecule has 2 atom stereocenters. The van der Waals surface area contributed by atoms with Crippen LogP contribution in [-0.4, -0.2) is 78.8 Å². The second-order valence-electron chi connectivity index (χ2n) is 9.67. The molecule has 0 saturated carbocycles. The van der Waals surface area contributed by atoms with Crippen LogP contribution in [0.25, 0.3) is 0 Å². The third kappa shape index (κ3) is 9.59. The fourth-order valence-electron chi connectivity index (χ4n) is 3.55. The van der Waals surface area contributed by atoms with E-state index in [1.807, 2.05) is 44.2 Å². The lowest BCUT2D eigenvalue weighted by molar-refractivity contribution is -0.124. The molecule has 0 unspecified atom stereocenters. The summed E-state index contributed by atoms with van der Waals surface area (Å²) in [5.74, 6) is -0.249. The number of hydrogen-bond acceptors (Lipinski definition) is 6. The van der Waals surface area contributed by atoms with E-state index in [2.05, 4.69) is 15.5 Å². The van der Waals surface area contributed by atoms with E-state index in [1.165, 1.54) is 0 Å². The van der Waals surface area contributed by atoms with Crippen molar-refractivity contribution >= 4 is 18.1 Å². The molecule has 0 aliphatic carbocycles. The van der Waals surface area contributed by atoms with Gasteiger partial charge in [0.25, 0.3) is 0 Å².